The van der Waals surface area contributed by atoms with E-state index in [0.717, 1.165) is 6.42 Å². The smallest absolute Gasteiger partial charge is 0.147 e. The zero-order valence-electron chi connectivity index (χ0n) is 7.81. The Labute approximate surface area is 77.8 Å². The van der Waals surface area contributed by atoms with E-state index in [1.807, 2.05) is 0 Å². The van der Waals surface area contributed by atoms with Gasteiger partial charge in [0.1, 0.15) is 12.9 Å². The molecule has 76 valence electrons. The molecule has 0 bridgehead atoms. The zero-order valence-corrected chi connectivity index (χ0v) is 7.81. The molecule has 2 rings (SSSR count). The number of aliphatic hydroxyl groups excluding tert-OH is 1. The fraction of sp³-hybridized carbons (Fsp3) is 1.00. The van der Waals surface area contributed by atoms with E-state index < -0.39 is 0 Å². The molecular formula is C9H16O4. The molecule has 0 aromatic heterocycles. The minimum atomic E-state index is 0.0725. The van der Waals surface area contributed by atoms with Crippen LogP contribution in [-0.2, 0) is 14.2 Å². The maximum atomic E-state index is 8.64. The van der Waals surface area contributed by atoms with Crippen LogP contribution in [0.1, 0.15) is 13.3 Å². The molecule has 1 saturated heterocycles. The maximum Gasteiger partial charge on any atom is 0.147 e. The molecule has 0 amide bonds. The summed E-state index contributed by atoms with van der Waals surface area (Å²) in [6.45, 7) is 3.00. The van der Waals surface area contributed by atoms with Gasteiger partial charge in [-0.1, -0.05) is 6.92 Å². The summed E-state index contributed by atoms with van der Waals surface area (Å²) in [4.78, 5) is 0. The molecule has 4 atom stereocenters. The average molecular weight is 188 g/mol. The Bertz CT molecular complexity index is 173. The summed E-state index contributed by atoms with van der Waals surface area (Å²) in [7, 11) is 0. The molecule has 0 aromatic rings. The van der Waals surface area contributed by atoms with Gasteiger partial charge in [-0.05, 0) is 12.3 Å². The Morgan fingerprint density at radius 2 is 2.15 bits per heavy atom. The molecular weight excluding hydrogens is 172 g/mol. The first-order chi connectivity index (χ1) is 6.33. The van der Waals surface area contributed by atoms with Crippen LogP contribution in [0.5, 0.6) is 0 Å². The van der Waals surface area contributed by atoms with Crippen LogP contribution in [0, 0.1) is 5.92 Å². The number of hydrogen-bond acceptors (Lipinski definition) is 4. The van der Waals surface area contributed by atoms with E-state index in [0.29, 0.717) is 19.3 Å². The third-order valence-electron chi connectivity index (χ3n) is 2.80. The molecule has 1 aliphatic heterocycles. The lowest BCUT2D eigenvalue weighted by molar-refractivity contribution is -0.0539. The summed E-state index contributed by atoms with van der Waals surface area (Å²) >= 11 is 0. The van der Waals surface area contributed by atoms with Crippen LogP contribution in [0.25, 0.3) is 0 Å². The van der Waals surface area contributed by atoms with Crippen LogP contribution in [0.3, 0.4) is 0 Å². The van der Waals surface area contributed by atoms with Crippen molar-refractivity contribution in [2.75, 3.05) is 20.0 Å². The molecule has 1 N–H and O–H groups in total. The van der Waals surface area contributed by atoms with Gasteiger partial charge in [0.05, 0.1) is 25.4 Å². The third-order valence-corrected chi connectivity index (χ3v) is 2.80. The third kappa shape index (κ3) is 1.72. The van der Waals surface area contributed by atoms with Crippen molar-refractivity contribution in [3.8, 4) is 0 Å². The SMILES string of the molecule is C[C@@H]1C[C@H](OCCO)[C@H]2OCO[C@H]21. The largest absolute Gasteiger partial charge is 0.394 e. The second kappa shape index (κ2) is 3.92. The number of hydrogen-bond donors (Lipinski definition) is 1. The monoisotopic (exact) mass is 188 g/mol. The first-order valence-electron chi connectivity index (χ1n) is 4.78. The van der Waals surface area contributed by atoms with Gasteiger partial charge in [-0.25, -0.2) is 0 Å². The van der Waals surface area contributed by atoms with Gasteiger partial charge in [0.25, 0.3) is 0 Å². The summed E-state index contributed by atoms with van der Waals surface area (Å²) in [5.41, 5.74) is 0. The van der Waals surface area contributed by atoms with Crippen LogP contribution in [0.2, 0.25) is 0 Å². The van der Waals surface area contributed by atoms with Gasteiger partial charge in [0.15, 0.2) is 0 Å². The molecule has 1 saturated carbocycles. The molecule has 1 heterocycles. The fourth-order valence-corrected chi connectivity index (χ4v) is 2.19. The van der Waals surface area contributed by atoms with Gasteiger partial charge in [0.2, 0.25) is 0 Å². The van der Waals surface area contributed by atoms with Crippen molar-refractivity contribution in [1.29, 1.82) is 0 Å². The second-order valence-electron chi connectivity index (χ2n) is 3.73. The quantitative estimate of drug-likeness (QED) is 0.684. The molecule has 13 heavy (non-hydrogen) atoms. The molecule has 4 nitrogen and oxygen atoms in total. The molecule has 2 fully saturated rings. The van der Waals surface area contributed by atoms with Crippen LogP contribution in [0.4, 0.5) is 0 Å². The highest BCUT2D eigenvalue weighted by atomic mass is 16.7. The van der Waals surface area contributed by atoms with Crippen LogP contribution >= 0.6 is 0 Å². The van der Waals surface area contributed by atoms with E-state index in [9.17, 15) is 0 Å². The minimum Gasteiger partial charge on any atom is -0.394 e. The lowest BCUT2D eigenvalue weighted by Crippen LogP contribution is -2.30. The van der Waals surface area contributed by atoms with Gasteiger partial charge in [-0.3, -0.25) is 0 Å². The van der Waals surface area contributed by atoms with Crippen molar-refractivity contribution in [3.63, 3.8) is 0 Å². The van der Waals surface area contributed by atoms with E-state index in [1.165, 1.54) is 0 Å². The fourth-order valence-electron chi connectivity index (χ4n) is 2.19. The van der Waals surface area contributed by atoms with Gasteiger partial charge >= 0.3 is 0 Å². The van der Waals surface area contributed by atoms with Crippen molar-refractivity contribution >= 4 is 0 Å². The zero-order chi connectivity index (χ0) is 9.26. The number of rotatable bonds is 3. The van der Waals surface area contributed by atoms with Gasteiger partial charge in [0, 0.05) is 0 Å². The minimum absolute atomic E-state index is 0.0725. The number of fused-ring (bicyclic) bond motifs is 1. The Balaban J connectivity index is 1.90. The van der Waals surface area contributed by atoms with Crippen molar-refractivity contribution in [3.05, 3.63) is 0 Å². The molecule has 0 radical (unpaired) electrons. The predicted molar refractivity (Wildman–Crippen MR) is 45.2 cm³/mol. The van der Waals surface area contributed by atoms with Crippen molar-refractivity contribution in [2.45, 2.75) is 31.7 Å². The topological polar surface area (TPSA) is 47.9 Å². The Morgan fingerprint density at radius 1 is 1.38 bits per heavy atom. The first-order valence-corrected chi connectivity index (χ1v) is 4.78. The lowest BCUT2D eigenvalue weighted by Gasteiger charge is -2.16. The summed E-state index contributed by atoms with van der Waals surface area (Å²) < 4.78 is 16.3. The van der Waals surface area contributed by atoms with Gasteiger partial charge in [-0.2, -0.15) is 0 Å². The summed E-state index contributed by atoms with van der Waals surface area (Å²) in [6, 6.07) is 0. The number of aliphatic hydroxyl groups is 1. The average Bonchev–Trinajstić information content (AvgIpc) is 2.67. The summed E-state index contributed by atoms with van der Waals surface area (Å²) in [6.07, 6.45) is 1.36. The highest BCUT2D eigenvalue weighted by molar-refractivity contribution is 4.94. The van der Waals surface area contributed by atoms with Crippen LogP contribution < -0.4 is 0 Å². The first kappa shape index (κ1) is 9.40. The van der Waals surface area contributed by atoms with Gasteiger partial charge < -0.3 is 19.3 Å². The molecule has 0 unspecified atom stereocenters. The van der Waals surface area contributed by atoms with Gasteiger partial charge in [-0.15, -0.1) is 0 Å². The van der Waals surface area contributed by atoms with E-state index in [1.54, 1.807) is 0 Å². The second-order valence-corrected chi connectivity index (χ2v) is 3.73. The maximum absolute atomic E-state index is 8.64. The van der Waals surface area contributed by atoms with Crippen molar-refractivity contribution < 1.29 is 19.3 Å². The normalized spacial score (nSPS) is 43.8. The highest BCUT2D eigenvalue weighted by Crippen LogP contribution is 2.36. The van der Waals surface area contributed by atoms with E-state index in [4.69, 9.17) is 19.3 Å². The Kier molecular flexibility index (Phi) is 2.83. The summed E-state index contributed by atoms with van der Waals surface area (Å²) in [5.74, 6) is 0.496. The van der Waals surface area contributed by atoms with E-state index in [-0.39, 0.29) is 24.9 Å². The lowest BCUT2D eigenvalue weighted by atomic mass is 10.1. The van der Waals surface area contributed by atoms with Crippen molar-refractivity contribution in [2.24, 2.45) is 5.92 Å². The number of ether oxygens (including phenoxy) is 3. The van der Waals surface area contributed by atoms with E-state index in [2.05, 4.69) is 6.92 Å². The Hall–Kier alpha value is -0.160. The van der Waals surface area contributed by atoms with Crippen molar-refractivity contribution in [1.82, 2.24) is 0 Å². The molecule has 1 aliphatic carbocycles. The predicted octanol–water partition coefficient (Wildman–Crippen LogP) is 0.145. The van der Waals surface area contributed by atoms with E-state index >= 15 is 0 Å². The molecule has 0 spiro atoms. The van der Waals surface area contributed by atoms with Crippen LogP contribution in [0.15, 0.2) is 0 Å². The highest BCUT2D eigenvalue weighted by Gasteiger charge is 2.46. The molecule has 2 aliphatic rings. The summed E-state index contributed by atoms with van der Waals surface area (Å²) in [5, 5.41) is 8.64. The Morgan fingerprint density at radius 3 is 2.92 bits per heavy atom. The molecule has 4 heteroatoms. The molecule has 0 aromatic carbocycles. The standard InChI is InChI=1S/C9H16O4/c1-6-4-7(11-3-2-10)9-8(6)12-5-13-9/h6-10H,2-5H2,1H3/t6-,7+,8+,9-/m1/s1. The van der Waals surface area contributed by atoms with Crippen LogP contribution in [-0.4, -0.2) is 43.4 Å².